The summed E-state index contributed by atoms with van der Waals surface area (Å²) in [6.45, 7) is 5.01. The predicted octanol–water partition coefficient (Wildman–Crippen LogP) is 3.24. The highest BCUT2D eigenvalue weighted by Gasteiger charge is 2.40. The van der Waals surface area contributed by atoms with Crippen LogP contribution < -0.4 is 5.32 Å². The van der Waals surface area contributed by atoms with Gasteiger partial charge in [0.2, 0.25) is 0 Å². The van der Waals surface area contributed by atoms with Gasteiger partial charge in [-0.05, 0) is 37.5 Å². The van der Waals surface area contributed by atoms with E-state index in [0.717, 1.165) is 12.8 Å². The highest BCUT2D eigenvalue weighted by atomic mass is 16.3. The van der Waals surface area contributed by atoms with Crippen LogP contribution in [0, 0.1) is 5.41 Å². The zero-order valence-corrected chi connectivity index (χ0v) is 11.6. The number of aliphatic hydroxyl groups is 1. The molecule has 2 aliphatic carbocycles. The maximum Gasteiger partial charge on any atom is 0.0613 e. The molecular weight excluding hydrogens is 210 g/mol. The van der Waals surface area contributed by atoms with E-state index >= 15 is 0 Å². The summed E-state index contributed by atoms with van der Waals surface area (Å²) in [5.74, 6) is 0. The Hall–Kier alpha value is -0.0800. The van der Waals surface area contributed by atoms with Gasteiger partial charge in [-0.2, -0.15) is 0 Å². The second-order valence-corrected chi connectivity index (χ2v) is 7.11. The Kier molecular flexibility index (Phi) is 4.14. The van der Waals surface area contributed by atoms with Crippen molar-refractivity contribution >= 4 is 0 Å². The van der Waals surface area contributed by atoms with Crippen LogP contribution in [0.2, 0.25) is 0 Å². The molecule has 0 bridgehead atoms. The number of hydrogen-bond acceptors (Lipinski definition) is 2. The van der Waals surface area contributed by atoms with Crippen LogP contribution in [0.4, 0.5) is 0 Å². The molecule has 0 spiro atoms. The largest absolute Gasteiger partial charge is 0.394 e. The zero-order valence-electron chi connectivity index (χ0n) is 11.6. The van der Waals surface area contributed by atoms with Crippen LogP contribution in [-0.2, 0) is 0 Å². The van der Waals surface area contributed by atoms with Crippen molar-refractivity contribution in [2.75, 3.05) is 6.61 Å². The Morgan fingerprint density at radius 1 is 1.06 bits per heavy atom. The van der Waals surface area contributed by atoms with Gasteiger partial charge in [0, 0.05) is 11.6 Å². The monoisotopic (exact) mass is 239 g/mol. The fourth-order valence-electron chi connectivity index (χ4n) is 3.98. The Bertz CT molecular complexity index is 245. The molecule has 2 N–H and O–H groups in total. The van der Waals surface area contributed by atoms with E-state index < -0.39 is 0 Å². The molecule has 100 valence electrons. The topological polar surface area (TPSA) is 32.3 Å². The Morgan fingerprint density at radius 3 is 2.35 bits per heavy atom. The first-order valence-electron chi connectivity index (χ1n) is 7.44. The van der Waals surface area contributed by atoms with E-state index in [-0.39, 0.29) is 5.54 Å². The molecule has 2 heteroatoms. The minimum Gasteiger partial charge on any atom is -0.394 e. The van der Waals surface area contributed by atoms with Crippen LogP contribution in [0.1, 0.15) is 71.6 Å². The van der Waals surface area contributed by atoms with Crippen molar-refractivity contribution in [3.05, 3.63) is 0 Å². The summed E-state index contributed by atoms with van der Waals surface area (Å²) in [4.78, 5) is 0. The van der Waals surface area contributed by atoms with Gasteiger partial charge in [0.25, 0.3) is 0 Å². The first-order chi connectivity index (χ1) is 8.05. The van der Waals surface area contributed by atoms with Crippen molar-refractivity contribution in [1.29, 1.82) is 0 Å². The van der Waals surface area contributed by atoms with Crippen LogP contribution in [0.15, 0.2) is 0 Å². The standard InChI is InChI=1S/C15H29NO/c1-14(2)9-6-10-15(11-14,12-17)16-13-7-4-3-5-8-13/h13,16-17H,3-12H2,1-2H3. The third kappa shape index (κ3) is 3.45. The van der Waals surface area contributed by atoms with Gasteiger partial charge in [-0.3, -0.25) is 0 Å². The fourth-order valence-corrected chi connectivity index (χ4v) is 3.98. The van der Waals surface area contributed by atoms with Gasteiger partial charge in [-0.1, -0.05) is 39.5 Å². The zero-order chi connectivity index (χ0) is 12.4. The summed E-state index contributed by atoms with van der Waals surface area (Å²) in [5, 5.41) is 13.7. The summed E-state index contributed by atoms with van der Waals surface area (Å²) < 4.78 is 0. The van der Waals surface area contributed by atoms with E-state index in [9.17, 15) is 5.11 Å². The number of hydrogen-bond donors (Lipinski definition) is 2. The van der Waals surface area contributed by atoms with Gasteiger partial charge in [-0.15, -0.1) is 0 Å². The van der Waals surface area contributed by atoms with Crippen LogP contribution >= 0.6 is 0 Å². The minimum absolute atomic E-state index is 0.0176. The van der Waals surface area contributed by atoms with E-state index in [1.165, 1.54) is 44.9 Å². The Morgan fingerprint density at radius 2 is 1.76 bits per heavy atom. The number of rotatable bonds is 3. The summed E-state index contributed by atoms with van der Waals surface area (Å²) in [5.41, 5.74) is 0.409. The van der Waals surface area contributed by atoms with Crippen molar-refractivity contribution in [3.8, 4) is 0 Å². The van der Waals surface area contributed by atoms with Crippen molar-refractivity contribution < 1.29 is 5.11 Å². The SMILES string of the molecule is CC1(C)CCCC(CO)(NC2CCCCC2)C1. The molecule has 2 fully saturated rings. The van der Waals surface area contributed by atoms with Crippen molar-refractivity contribution in [2.24, 2.45) is 5.41 Å². The molecule has 0 saturated heterocycles. The molecule has 17 heavy (non-hydrogen) atoms. The first-order valence-corrected chi connectivity index (χ1v) is 7.44. The van der Waals surface area contributed by atoms with E-state index in [1.54, 1.807) is 0 Å². The van der Waals surface area contributed by atoms with Gasteiger partial charge in [0.05, 0.1) is 6.61 Å². The molecule has 2 rings (SSSR count). The lowest BCUT2D eigenvalue weighted by molar-refractivity contribution is 0.0491. The third-order valence-electron chi connectivity index (χ3n) is 4.74. The number of nitrogens with one attached hydrogen (secondary N) is 1. The summed E-state index contributed by atoms with van der Waals surface area (Å²) in [6, 6.07) is 0.657. The second-order valence-electron chi connectivity index (χ2n) is 7.11. The van der Waals surface area contributed by atoms with E-state index in [2.05, 4.69) is 19.2 Å². The summed E-state index contributed by atoms with van der Waals surface area (Å²) in [6.07, 6.45) is 11.6. The average molecular weight is 239 g/mol. The van der Waals surface area contributed by atoms with Gasteiger partial charge in [0.1, 0.15) is 0 Å². The highest BCUT2D eigenvalue weighted by Crippen LogP contribution is 2.41. The van der Waals surface area contributed by atoms with E-state index in [4.69, 9.17) is 0 Å². The summed E-state index contributed by atoms with van der Waals surface area (Å²) >= 11 is 0. The molecule has 0 aromatic carbocycles. The Balaban J connectivity index is 1.97. The lowest BCUT2D eigenvalue weighted by Crippen LogP contribution is -2.57. The lowest BCUT2D eigenvalue weighted by Gasteiger charge is -2.47. The summed E-state index contributed by atoms with van der Waals surface area (Å²) in [7, 11) is 0. The molecule has 0 aliphatic heterocycles. The van der Waals surface area contributed by atoms with Gasteiger partial charge in [-0.25, -0.2) is 0 Å². The van der Waals surface area contributed by atoms with Crippen molar-refractivity contribution in [1.82, 2.24) is 5.32 Å². The maximum atomic E-state index is 9.84. The molecule has 2 nitrogen and oxygen atoms in total. The normalized spacial score (nSPS) is 34.8. The molecule has 1 atom stereocenters. The average Bonchev–Trinajstić information content (AvgIpc) is 2.29. The van der Waals surface area contributed by atoms with Crippen molar-refractivity contribution in [2.45, 2.75) is 83.2 Å². The molecule has 0 amide bonds. The van der Waals surface area contributed by atoms with Crippen molar-refractivity contribution in [3.63, 3.8) is 0 Å². The van der Waals surface area contributed by atoms with Crippen LogP contribution in [0.5, 0.6) is 0 Å². The molecule has 2 aliphatic rings. The van der Waals surface area contributed by atoms with Gasteiger partial charge >= 0.3 is 0 Å². The second kappa shape index (κ2) is 5.27. The molecule has 0 radical (unpaired) electrons. The molecule has 2 saturated carbocycles. The van der Waals surface area contributed by atoms with Crippen LogP contribution in [-0.4, -0.2) is 23.3 Å². The highest BCUT2D eigenvalue weighted by molar-refractivity contribution is 4.98. The quantitative estimate of drug-likeness (QED) is 0.792. The van der Waals surface area contributed by atoms with Gasteiger partial charge in [0.15, 0.2) is 0 Å². The van der Waals surface area contributed by atoms with Gasteiger partial charge < -0.3 is 10.4 Å². The predicted molar refractivity (Wildman–Crippen MR) is 72.1 cm³/mol. The molecule has 0 heterocycles. The fraction of sp³-hybridized carbons (Fsp3) is 1.00. The first kappa shape index (κ1) is 13.4. The molecular formula is C15H29NO. The van der Waals surface area contributed by atoms with Crippen LogP contribution in [0.25, 0.3) is 0 Å². The number of aliphatic hydroxyl groups excluding tert-OH is 1. The smallest absolute Gasteiger partial charge is 0.0613 e. The lowest BCUT2D eigenvalue weighted by atomic mass is 9.68. The Labute approximate surface area is 106 Å². The maximum absolute atomic E-state index is 9.84. The molecule has 0 aromatic rings. The van der Waals surface area contributed by atoms with Crippen LogP contribution in [0.3, 0.4) is 0 Å². The minimum atomic E-state index is 0.0176. The van der Waals surface area contributed by atoms with E-state index in [0.29, 0.717) is 18.1 Å². The third-order valence-corrected chi connectivity index (χ3v) is 4.74. The van der Waals surface area contributed by atoms with E-state index in [1.807, 2.05) is 0 Å². The molecule has 0 aromatic heterocycles. The molecule has 1 unspecified atom stereocenters.